The van der Waals surface area contributed by atoms with Gasteiger partial charge in [0.05, 0.1) is 5.69 Å². The number of nitrogens with one attached hydrogen (secondary N) is 1. The molecule has 1 aromatic heterocycles. The zero-order valence-corrected chi connectivity index (χ0v) is 11.7. The van der Waals surface area contributed by atoms with Crippen LogP contribution in [0.5, 0.6) is 0 Å². The summed E-state index contributed by atoms with van der Waals surface area (Å²) in [6.07, 6.45) is 10.0. The summed E-state index contributed by atoms with van der Waals surface area (Å²) in [5.41, 5.74) is 2.94. The second kappa shape index (κ2) is 5.66. The molecule has 0 aromatic carbocycles. The Labute approximate surface area is 111 Å². The van der Waals surface area contributed by atoms with Crippen LogP contribution in [0.1, 0.15) is 50.8 Å². The van der Waals surface area contributed by atoms with Gasteiger partial charge in [-0.25, -0.2) is 0 Å². The topological polar surface area (TPSA) is 24.9 Å². The van der Waals surface area contributed by atoms with E-state index >= 15 is 0 Å². The van der Waals surface area contributed by atoms with Crippen LogP contribution in [-0.2, 0) is 6.42 Å². The van der Waals surface area contributed by atoms with Gasteiger partial charge in [-0.3, -0.25) is 4.98 Å². The molecule has 0 aliphatic heterocycles. The first-order valence-electron chi connectivity index (χ1n) is 6.92. The molecule has 2 nitrogen and oxygen atoms in total. The molecule has 0 spiro atoms. The van der Waals surface area contributed by atoms with E-state index in [4.69, 9.17) is 0 Å². The van der Waals surface area contributed by atoms with Crippen molar-refractivity contribution in [2.75, 3.05) is 6.54 Å². The quantitative estimate of drug-likeness (QED) is 0.648. The predicted molar refractivity (Wildman–Crippen MR) is 76.8 cm³/mol. The summed E-state index contributed by atoms with van der Waals surface area (Å²) in [4.78, 5) is 4.51. The van der Waals surface area contributed by atoms with Crippen LogP contribution >= 0.6 is 0 Å². The molecule has 1 unspecified atom stereocenters. The van der Waals surface area contributed by atoms with Gasteiger partial charge in [0.1, 0.15) is 0 Å². The standard InChI is InChI=1S/C16H24N2/c1-16(2,3)18-12-5-4-7-13-9-10-14-8-6-11-17-15(13)14/h4,6-8,11,13,18H,5,9-10,12H2,1-3H3. The van der Waals surface area contributed by atoms with Crippen LogP contribution in [0.15, 0.2) is 30.5 Å². The van der Waals surface area contributed by atoms with Crippen molar-refractivity contribution in [3.05, 3.63) is 41.7 Å². The second-order valence-corrected chi connectivity index (χ2v) is 6.09. The van der Waals surface area contributed by atoms with Gasteiger partial charge in [0.15, 0.2) is 0 Å². The maximum Gasteiger partial charge on any atom is 0.0504 e. The fourth-order valence-corrected chi connectivity index (χ4v) is 2.42. The number of hydrogen-bond acceptors (Lipinski definition) is 2. The highest BCUT2D eigenvalue weighted by molar-refractivity contribution is 5.31. The average molecular weight is 244 g/mol. The molecule has 1 atom stereocenters. The van der Waals surface area contributed by atoms with Crippen LogP contribution in [0.2, 0.25) is 0 Å². The van der Waals surface area contributed by atoms with E-state index in [2.05, 4.69) is 49.3 Å². The van der Waals surface area contributed by atoms with E-state index in [1.165, 1.54) is 24.1 Å². The van der Waals surface area contributed by atoms with Crippen LogP contribution in [-0.4, -0.2) is 17.1 Å². The number of allylic oxidation sites excluding steroid dienone is 1. The van der Waals surface area contributed by atoms with Gasteiger partial charge in [0, 0.05) is 17.7 Å². The largest absolute Gasteiger partial charge is 0.312 e. The van der Waals surface area contributed by atoms with E-state index in [-0.39, 0.29) is 5.54 Å². The zero-order valence-electron chi connectivity index (χ0n) is 11.7. The van der Waals surface area contributed by atoms with Crippen molar-refractivity contribution >= 4 is 0 Å². The summed E-state index contributed by atoms with van der Waals surface area (Å²) >= 11 is 0. The van der Waals surface area contributed by atoms with E-state index in [9.17, 15) is 0 Å². The van der Waals surface area contributed by atoms with E-state index in [0.29, 0.717) is 5.92 Å². The number of fused-ring (bicyclic) bond motifs is 1. The summed E-state index contributed by atoms with van der Waals surface area (Å²) in [7, 11) is 0. The fraction of sp³-hybridized carbons (Fsp3) is 0.562. The minimum atomic E-state index is 0.218. The van der Waals surface area contributed by atoms with Crippen LogP contribution in [0.25, 0.3) is 0 Å². The number of pyridine rings is 1. The predicted octanol–water partition coefficient (Wildman–Crippen LogP) is 3.45. The smallest absolute Gasteiger partial charge is 0.0504 e. The molecular weight excluding hydrogens is 220 g/mol. The zero-order chi connectivity index (χ0) is 13.0. The lowest BCUT2D eigenvalue weighted by Crippen LogP contribution is -2.36. The first kappa shape index (κ1) is 13.3. The minimum absolute atomic E-state index is 0.218. The number of rotatable bonds is 4. The summed E-state index contributed by atoms with van der Waals surface area (Å²) in [5.74, 6) is 0.538. The third-order valence-corrected chi connectivity index (χ3v) is 3.34. The second-order valence-electron chi connectivity index (χ2n) is 6.09. The van der Waals surface area contributed by atoms with Crippen molar-refractivity contribution < 1.29 is 0 Å². The normalized spacial score (nSPS) is 19.4. The molecule has 1 aliphatic rings. The van der Waals surface area contributed by atoms with Gasteiger partial charge in [0.25, 0.3) is 0 Å². The maximum atomic E-state index is 4.51. The Bertz CT molecular complexity index is 415. The van der Waals surface area contributed by atoms with E-state index in [1.807, 2.05) is 12.3 Å². The van der Waals surface area contributed by atoms with Gasteiger partial charge in [-0.05, 0) is 58.2 Å². The molecule has 1 N–H and O–H groups in total. The van der Waals surface area contributed by atoms with Crippen molar-refractivity contribution in [2.45, 2.75) is 51.5 Å². The summed E-state index contributed by atoms with van der Waals surface area (Å²) in [6.45, 7) is 7.65. The highest BCUT2D eigenvalue weighted by atomic mass is 14.9. The summed E-state index contributed by atoms with van der Waals surface area (Å²) in [5, 5.41) is 3.50. The number of nitrogens with zero attached hydrogens (tertiary/aromatic N) is 1. The molecule has 98 valence electrons. The third kappa shape index (κ3) is 3.67. The van der Waals surface area contributed by atoms with Crippen LogP contribution < -0.4 is 5.32 Å². The highest BCUT2D eigenvalue weighted by Crippen LogP contribution is 2.31. The van der Waals surface area contributed by atoms with Gasteiger partial charge in [-0.2, -0.15) is 0 Å². The Morgan fingerprint density at radius 2 is 2.28 bits per heavy atom. The lowest BCUT2D eigenvalue weighted by Gasteiger charge is -2.19. The first-order chi connectivity index (χ1) is 8.56. The van der Waals surface area contributed by atoms with Crippen molar-refractivity contribution in [2.24, 2.45) is 0 Å². The molecule has 18 heavy (non-hydrogen) atoms. The third-order valence-electron chi connectivity index (χ3n) is 3.34. The Balaban J connectivity index is 1.81. The summed E-state index contributed by atoms with van der Waals surface area (Å²) < 4.78 is 0. The summed E-state index contributed by atoms with van der Waals surface area (Å²) in [6, 6.07) is 4.25. The molecule has 0 radical (unpaired) electrons. The van der Waals surface area contributed by atoms with Crippen molar-refractivity contribution in [1.82, 2.24) is 10.3 Å². The molecule has 0 saturated heterocycles. The first-order valence-corrected chi connectivity index (χ1v) is 6.92. The van der Waals surface area contributed by atoms with Crippen molar-refractivity contribution in [3.63, 3.8) is 0 Å². The molecule has 2 heteroatoms. The van der Waals surface area contributed by atoms with Crippen LogP contribution in [0.4, 0.5) is 0 Å². The van der Waals surface area contributed by atoms with Gasteiger partial charge in [-0.1, -0.05) is 18.2 Å². The molecular formula is C16H24N2. The Kier molecular flexibility index (Phi) is 4.18. The lowest BCUT2D eigenvalue weighted by molar-refractivity contribution is 0.431. The molecule has 0 saturated carbocycles. The Morgan fingerprint density at radius 1 is 1.44 bits per heavy atom. The van der Waals surface area contributed by atoms with E-state index in [0.717, 1.165) is 13.0 Å². The Hall–Kier alpha value is -1.15. The van der Waals surface area contributed by atoms with E-state index in [1.54, 1.807) is 0 Å². The van der Waals surface area contributed by atoms with Gasteiger partial charge < -0.3 is 5.32 Å². The molecule has 1 aliphatic carbocycles. The SMILES string of the molecule is CC(C)(C)NCCC=CC1CCc2cccnc21. The minimum Gasteiger partial charge on any atom is -0.312 e. The molecule has 1 aromatic rings. The number of aromatic nitrogens is 1. The highest BCUT2D eigenvalue weighted by Gasteiger charge is 2.20. The fourth-order valence-electron chi connectivity index (χ4n) is 2.42. The lowest BCUT2D eigenvalue weighted by atomic mass is 10.1. The maximum absolute atomic E-state index is 4.51. The van der Waals surface area contributed by atoms with Crippen molar-refractivity contribution in [3.8, 4) is 0 Å². The molecule has 0 fully saturated rings. The van der Waals surface area contributed by atoms with Crippen molar-refractivity contribution in [1.29, 1.82) is 0 Å². The molecule has 0 amide bonds. The molecule has 2 rings (SSSR count). The Morgan fingerprint density at radius 3 is 3.06 bits per heavy atom. The van der Waals surface area contributed by atoms with Gasteiger partial charge in [0.2, 0.25) is 0 Å². The monoisotopic (exact) mass is 244 g/mol. The van der Waals surface area contributed by atoms with Crippen LogP contribution in [0.3, 0.4) is 0 Å². The number of hydrogen-bond donors (Lipinski definition) is 1. The van der Waals surface area contributed by atoms with Gasteiger partial charge in [-0.15, -0.1) is 0 Å². The molecule has 1 heterocycles. The number of aryl methyl sites for hydroxylation is 1. The van der Waals surface area contributed by atoms with Gasteiger partial charge >= 0.3 is 0 Å². The van der Waals surface area contributed by atoms with Crippen LogP contribution in [0, 0.1) is 0 Å². The van der Waals surface area contributed by atoms with E-state index < -0.39 is 0 Å². The average Bonchev–Trinajstić information content (AvgIpc) is 2.71. The molecule has 0 bridgehead atoms.